The van der Waals surface area contributed by atoms with Crippen LogP contribution in [0.15, 0.2) is 30.3 Å². The largest absolute Gasteiger partial charge is 0.384 e. The van der Waals surface area contributed by atoms with Gasteiger partial charge in [0, 0.05) is 11.7 Å². The molecule has 1 aromatic heterocycles. The molecule has 1 amide bonds. The van der Waals surface area contributed by atoms with E-state index in [1.807, 2.05) is 34.9 Å². The normalized spacial score (nSPS) is 15.6. The topological polar surface area (TPSA) is 60.1 Å². The second kappa shape index (κ2) is 6.62. The fraction of sp³-hybridized carbons (Fsp3) is 0.375. The zero-order chi connectivity index (χ0) is 15.5. The molecule has 22 heavy (non-hydrogen) atoms. The van der Waals surface area contributed by atoms with Crippen molar-refractivity contribution in [2.75, 3.05) is 11.1 Å². The summed E-state index contributed by atoms with van der Waals surface area (Å²) in [5, 5.41) is 2.87. The molecule has 2 aromatic rings. The van der Waals surface area contributed by atoms with E-state index in [1.54, 1.807) is 0 Å². The lowest BCUT2D eigenvalue weighted by Crippen LogP contribution is -2.17. The Morgan fingerprint density at radius 2 is 1.91 bits per heavy atom. The van der Waals surface area contributed by atoms with Gasteiger partial charge in [-0.25, -0.2) is 0 Å². The maximum atomic E-state index is 12.4. The van der Waals surface area contributed by atoms with Gasteiger partial charge in [-0.3, -0.25) is 4.79 Å². The number of thiazole rings is 1. The molecule has 0 atom stereocenters. The van der Waals surface area contributed by atoms with Crippen LogP contribution in [-0.2, 0) is 0 Å². The van der Waals surface area contributed by atoms with Crippen molar-refractivity contribution in [1.82, 2.24) is 4.57 Å². The molecule has 0 aliphatic heterocycles. The summed E-state index contributed by atoms with van der Waals surface area (Å²) in [6.45, 7) is 0. The van der Waals surface area contributed by atoms with Gasteiger partial charge in [0.05, 0.1) is 0 Å². The lowest BCUT2D eigenvalue weighted by molar-refractivity contribution is 0.103. The molecule has 1 saturated carbocycles. The minimum atomic E-state index is -0.186. The molecule has 3 rings (SSSR count). The van der Waals surface area contributed by atoms with Crippen molar-refractivity contribution in [3.8, 4) is 0 Å². The number of para-hydroxylation sites is 1. The van der Waals surface area contributed by atoms with E-state index >= 15 is 0 Å². The number of nitrogens with zero attached hydrogens (tertiary/aromatic N) is 1. The van der Waals surface area contributed by atoms with E-state index in [0.717, 1.165) is 18.5 Å². The van der Waals surface area contributed by atoms with E-state index < -0.39 is 0 Å². The number of nitrogen functional groups attached to an aromatic ring is 1. The van der Waals surface area contributed by atoms with Gasteiger partial charge in [-0.05, 0) is 37.2 Å². The van der Waals surface area contributed by atoms with Crippen molar-refractivity contribution < 1.29 is 4.79 Å². The molecular formula is C16H19N3OS2. The summed E-state index contributed by atoms with van der Waals surface area (Å²) in [5.41, 5.74) is 7.00. The molecule has 1 aliphatic carbocycles. The zero-order valence-electron chi connectivity index (χ0n) is 12.2. The molecule has 1 aliphatic rings. The number of nitrogens with one attached hydrogen (secondary N) is 1. The molecule has 0 saturated heterocycles. The Balaban J connectivity index is 1.85. The molecule has 3 N–H and O–H groups in total. The van der Waals surface area contributed by atoms with Crippen LogP contribution in [0, 0.1) is 3.95 Å². The summed E-state index contributed by atoms with van der Waals surface area (Å²) in [4.78, 5) is 13.0. The van der Waals surface area contributed by atoms with Gasteiger partial charge in [0.2, 0.25) is 0 Å². The van der Waals surface area contributed by atoms with Crippen LogP contribution in [-0.4, -0.2) is 10.5 Å². The van der Waals surface area contributed by atoms with E-state index in [-0.39, 0.29) is 5.91 Å². The molecule has 1 aromatic carbocycles. The Kier molecular flexibility index (Phi) is 4.59. The SMILES string of the molecule is Nc1c(C(=O)Nc2ccccc2)sc(=S)n1C1CCCCC1. The number of aromatic nitrogens is 1. The van der Waals surface area contributed by atoms with Crippen LogP contribution in [0.2, 0.25) is 0 Å². The predicted molar refractivity (Wildman–Crippen MR) is 94.1 cm³/mol. The molecule has 116 valence electrons. The first kappa shape index (κ1) is 15.2. The van der Waals surface area contributed by atoms with Gasteiger partial charge in [-0.2, -0.15) is 0 Å². The molecule has 1 fully saturated rings. The molecule has 4 nitrogen and oxygen atoms in total. The second-order valence-electron chi connectivity index (χ2n) is 5.56. The number of carbonyl (C=O) groups is 1. The van der Waals surface area contributed by atoms with Crippen molar-refractivity contribution >= 4 is 41.0 Å². The highest BCUT2D eigenvalue weighted by atomic mass is 32.1. The van der Waals surface area contributed by atoms with Crippen molar-refractivity contribution in [2.45, 2.75) is 38.1 Å². The molecule has 0 unspecified atom stereocenters. The summed E-state index contributed by atoms with van der Waals surface area (Å²) in [6.07, 6.45) is 5.86. The Hall–Kier alpha value is -1.66. The number of hydrogen-bond acceptors (Lipinski definition) is 4. The third-order valence-electron chi connectivity index (χ3n) is 4.06. The minimum Gasteiger partial charge on any atom is -0.384 e. The third kappa shape index (κ3) is 3.08. The molecular weight excluding hydrogens is 314 g/mol. The van der Waals surface area contributed by atoms with Crippen LogP contribution in [0.4, 0.5) is 11.5 Å². The number of anilines is 2. The predicted octanol–water partition coefficient (Wildman–Crippen LogP) is 4.62. The van der Waals surface area contributed by atoms with Crippen LogP contribution in [0.1, 0.15) is 47.8 Å². The molecule has 6 heteroatoms. The zero-order valence-corrected chi connectivity index (χ0v) is 13.9. The number of carbonyl (C=O) groups excluding carboxylic acids is 1. The number of nitrogens with two attached hydrogens (primary N) is 1. The van der Waals surface area contributed by atoms with Crippen LogP contribution in [0.25, 0.3) is 0 Å². The average Bonchev–Trinajstić information content (AvgIpc) is 2.84. The Morgan fingerprint density at radius 1 is 1.23 bits per heavy atom. The Bertz CT molecular complexity index is 715. The van der Waals surface area contributed by atoms with Gasteiger partial charge in [-0.1, -0.05) is 48.8 Å². The maximum Gasteiger partial charge on any atom is 0.269 e. The monoisotopic (exact) mass is 333 g/mol. The van der Waals surface area contributed by atoms with E-state index in [0.29, 0.717) is 20.7 Å². The van der Waals surface area contributed by atoms with Gasteiger partial charge in [0.1, 0.15) is 10.7 Å². The summed E-state index contributed by atoms with van der Waals surface area (Å²) < 4.78 is 2.68. The highest BCUT2D eigenvalue weighted by Gasteiger charge is 2.23. The fourth-order valence-electron chi connectivity index (χ4n) is 2.95. The van der Waals surface area contributed by atoms with Crippen LogP contribution >= 0.6 is 23.6 Å². The van der Waals surface area contributed by atoms with Gasteiger partial charge in [-0.15, -0.1) is 0 Å². The lowest BCUT2D eigenvalue weighted by Gasteiger charge is -2.24. The Labute approximate surface area is 139 Å². The first-order chi connectivity index (χ1) is 10.7. The number of amides is 1. The quantitative estimate of drug-likeness (QED) is 0.806. The molecule has 0 spiro atoms. The van der Waals surface area contributed by atoms with E-state index in [2.05, 4.69) is 5.32 Å². The lowest BCUT2D eigenvalue weighted by atomic mass is 9.95. The van der Waals surface area contributed by atoms with Crippen molar-refractivity contribution in [3.05, 3.63) is 39.2 Å². The molecule has 0 bridgehead atoms. The van der Waals surface area contributed by atoms with Gasteiger partial charge >= 0.3 is 0 Å². The fourth-order valence-corrected chi connectivity index (χ4v) is 4.32. The first-order valence-electron chi connectivity index (χ1n) is 7.54. The van der Waals surface area contributed by atoms with Crippen LogP contribution in [0.3, 0.4) is 0 Å². The number of rotatable bonds is 3. The van der Waals surface area contributed by atoms with Crippen molar-refractivity contribution in [2.24, 2.45) is 0 Å². The van der Waals surface area contributed by atoms with Crippen molar-refractivity contribution in [3.63, 3.8) is 0 Å². The van der Waals surface area contributed by atoms with Crippen LogP contribution < -0.4 is 11.1 Å². The van der Waals surface area contributed by atoms with Gasteiger partial charge in [0.15, 0.2) is 3.95 Å². The third-order valence-corrected chi connectivity index (χ3v) is 5.47. The van der Waals surface area contributed by atoms with Gasteiger partial charge < -0.3 is 15.6 Å². The van der Waals surface area contributed by atoms with E-state index in [1.165, 1.54) is 30.6 Å². The summed E-state index contributed by atoms with van der Waals surface area (Å²) in [7, 11) is 0. The first-order valence-corrected chi connectivity index (χ1v) is 8.76. The van der Waals surface area contributed by atoms with Gasteiger partial charge in [0.25, 0.3) is 5.91 Å². The number of hydrogen-bond donors (Lipinski definition) is 2. The highest BCUT2D eigenvalue weighted by molar-refractivity contribution is 7.73. The summed E-state index contributed by atoms with van der Waals surface area (Å²) in [6, 6.07) is 9.73. The second-order valence-corrected chi connectivity index (χ2v) is 7.21. The summed E-state index contributed by atoms with van der Waals surface area (Å²) in [5.74, 6) is 0.324. The van der Waals surface area contributed by atoms with E-state index in [4.69, 9.17) is 18.0 Å². The standard InChI is InChI=1S/C16H19N3OS2/c17-14-13(15(20)18-11-7-3-1-4-8-11)22-16(21)19(14)12-9-5-2-6-10-12/h1,3-4,7-8,12H,2,5-6,9-10,17H2,(H,18,20). The van der Waals surface area contributed by atoms with E-state index in [9.17, 15) is 4.79 Å². The minimum absolute atomic E-state index is 0.186. The smallest absolute Gasteiger partial charge is 0.269 e. The summed E-state index contributed by atoms with van der Waals surface area (Å²) >= 11 is 6.75. The molecule has 1 heterocycles. The maximum absolute atomic E-state index is 12.4. The van der Waals surface area contributed by atoms with Crippen LogP contribution in [0.5, 0.6) is 0 Å². The number of benzene rings is 1. The molecule has 0 radical (unpaired) electrons. The average molecular weight is 333 g/mol. The van der Waals surface area contributed by atoms with Crippen molar-refractivity contribution in [1.29, 1.82) is 0 Å². The highest BCUT2D eigenvalue weighted by Crippen LogP contribution is 2.34. The Morgan fingerprint density at radius 3 is 2.59 bits per heavy atom.